The molecule has 1 aliphatic rings. The van der Waals surface area contributed by atoms with Gasteiger partial charge in [0.1, 0.15) is 17.2 Å². The van der Waals surface area contributed by atoms with Gasteiger partial charge in [-0.05, 0) is 65.2 Å². The van der Waals surface area contributed by atoms with Gasteiger partial charge >= 0.3 is 12.4 Å². The van der Waals surface area contributed by atoms with Crippen LogP contribution in [0.1, 0.15) is 33.7 Å². The highest BCUT2D eigenvalue weighted by Crippen LogP contribution is 2.40. The molecule has 5 rings (SSSR count). The normalized spacial score (nSPS) is 17.5. The first kappa shape index (κ1) is 30.6. The first-order valence-electron chi connectivity index (χ1n) is 13.1. The zero-order valence-electron chi connectivity index (χ0n) is 22.7. The van der Waals surface area contributed by atoms with Crippen molar-refractivity contribution in [1.82, 2.24) is 15.2 Å². The third kappa shape index (κ3) is 6.39. The Hall–Kier alpha value is -4.85. The molecule has 230 valence electrons. The zero-order valence-corrected chi connectivity index (χ0v) is 22.7. The highest BCUT2D eigenvalue weighted by atomic mass is 19.4. The van der Waals surface area contributed by atoms with Gasteiger partial charge < -0.3 is 25.5 Å². The van der Waals surface area contributed by atoms with Crippen molar-refractivity contribution in [2.45, 2.75) is 30.9 Å². The lowest BCUT2D eigenvalue weighted by molar-refractivity contribution is -0.253. The number of alkyl halides is 6. The standard InChI is InChI=1S/C30H24F6N4O4/c31-29(32,33)23-13-20(18-3-5-19(6-4-18)27(42)40-10-9-28(43,16-40)30(34,35)36)11-21-12-22(44-26(21)23)15-39-25(41)8-2-17-1-7-24(37)38-14-17/h1-8,11-14,43H,9-10,15-16H2,(H2,37,38)(H,39,41)/b8-2+. The quantitative estimate of drug-likeness (QED) is 0.192. The Kier molecular flexibility index (Phi) is 7.88. The lowest BCUT2D eigenvalue weighted by Crippen LogP contribution is -2.48. The fourth-order valence-corrected chi connectivity index (χ4v) is 4.78. The number of amides is 2. The molecule has 1 atom stereocenters. The van der Waals surface area contributed by atoms with E-state index in [1.807, 2.05) is 0 Å². The van der Waals surface area contributed by atoms with Gasteiger partial charge in [-0.25, -0.2) is 4.98 Å². The van der Waals surface area contributed by atoms with Crippen LogP contribution in [0.5, 0.6) is 0 Å². The van der Waals surface area contributed by atoms with Crippen LogP contribution in [0.25, 0.3) is 28.2 Å². The molecule has 1 saturated heterocycles. The average molecular weight is 619 g/mol. The van der Waals surface area contributed by atoms with Crippen LogP contribution in [0, 0.1) is 0 Å². The molecule has 1 aliphatic heterocycles. The number of hydrogen-bond acceptors (Lipinski definition) is 6. The van der Waals surface area contributed by atoms with E-state index < -0.39 is 53.9 Å². The fourth-order valence-electron chi connectivity index (χ4n) is 4.78. The second kappa shape index (κ2) is 11.3. The zero-order chi connectivity index (χ0) is 31.9. The summed E-state index contributed by atoms with van der Waals surface area (Å²) in [6.07, 6.45) is -6.17. The number of halogens is 6. The summed E-state index contributed by atoms with van der Waals surface area (Å²) in [7, 11) is 0. The first-order chi connectivity index (χ1) is 20.6. The Morgan fingerprint density at radius 1 is 1.05 bits per heavy atom. The third-order valence-electron chi connectivity index (χ3n) is 7.17. The number of likely N-dealkylation sites (tertiary alicyclic amines) is 1. The summed E-state index contributed by atoms with van der Waals surface area (Å²) in [5.41, 5.74) is 2.12. The van der Waals surface area contributed by atoms with Crippen molar-refractivity contribution >= 4 is 34.7 Å². The fraction of sp³-hybridized carbons (Fsp3) is 0.233. The number of aromatic nitrogens is 1. The van der Waals surface area contributed by atoms with E-state index in [0.717, 1.165) is 11.0 Å². The number of nitrogens with one attached hydrogen (secondary N) is 1. The molecule has 0 bridgehead atoms. The minimum Gasteiger partial charge on any atom is -0.459 e. The van der Waals surface area contributed by atoms with E-state index in [1.54, 1.807) is 12.1 Å². The van der Waals surface area contributed by atoms with Crippen LogP contribution < -0.4 is 11.1 Å². The van der Waals surface area contributed by atoms with Crippen LogP contribution in [-0.2, 0) is 17.5 Å². The molecule has 8 nitrogen and oxygen atoms in total. The second-order valence-electron chi connectivity index (χ2n) is 10.3. The van der Waals surface area contributed by atoms with Gasteiger partial charge in [-0.3, -0.25) is 9.59 Å². The van der Waals surface area contributed by atoms with Crippen molar-refractivity contribution in [3.8, 4) is 11.1 Å². The predicted molar refractivity (Wildman–Crippen MR) is 148 cm³/mol. The number of nitrogens with two attached hydrogens (primary N) is 1. The number of pyridine rings is 1. The average Bonchev–Trinajstić information content (AvgIpc) is 3.58. The molecular formula is C30H24F6N4O4. The number of nitrogen functional groups attached to an aromatic ring is 1. The summed E-state index contributed by atoms with van der Waals surface area (Å²) in [5, 5.41) is 12.5. The van der Waals surface area contributed by atoms with Gasteiger partial charge in [0.15, 0.2) is 5.60 Å². The van der Waals surface area contributed by atoms with E-state index >= 15 is 0 Å². The molecule has 4 N–H and O–H groups in total. The van der Waals surface area contributed by atoms with Gasteiger partial charge in [0.2, 0.25) is 5.91 Å². The van der Waals surface area contributed by atoms with Gasteiger partial charge in [-0.15, -0.1) is 0 Å². The van der Waals surface area contributed by atoms with Crippen molar-refractivity contribution in [3.63, 3.8) is 0 Å². The maximum absolute atomic E-state index is 14.0. The Morgan fingerprint density at radius 3 is 2.39 bits per heavy atom. The number of benzene rings is 2. The van der Waals surface area contributed by atoms with Crippen molar-refractivity contribution < 1.29 is 45.5 Å². The van der Waals surface area contributed by atoms with Gasteiger partial charge in [0.25, 0.3) is 5.91 Å². The molecule has 1 unspecified atom stereocenters. The molecule has 3 heterocycles. The maximum Gasteiger partial charge on any atom is 0.420 e. The molecule has 4 aromatic rings. The number of fused-ring (bicyclic) bond motifs is 1. The molecule has 2 amide bonds. The van der Waals surface area contributed by atoms with Crippen molar-refractivity contribution in [3.05, 3.63) is 89.3 Å². The number of β-amino-alcohol motifs (C(OH)–C–C–N with tert-alkyl or cyclic N) is 1. The number of furan rings is 1. The van der Waals surface area contributed by atoms with E-state index in [1.165, 1.54) is 54.7 Å². The second-order valence-corrected chi connectivity index (χ2v) is 10.3. The molecule has 1 fully saturated rings. The summed E-state index contributed by atoms with van der Waals surface area (Å²) in [5.74, 6) is -0.881. The Bertz CT molecular complexity index is 1730. The molecular weight excluding hydrogens is 594 g/mol. The SMILES string of the molecule is Nc1ccc(/C=C/C(=O)NCc2cc3cc(-c4ccc(C(=O)N5CCC(O)(C(F)(F)F)C5)cc4)cc(C(F)(F)F)c3o2)cn1. The van der Waals surface area contributed by atoms with Crippen LogP contribution in [0.15, 0.2) is 71.3 Å². The molecule has 0 radical (unpaired) electrons. The molecule has 14 heteroatoms. The van der Waals surface area contributed by atoms with Crippen LogP contribution in [-0.4, -0.2) is 51.7 Å². The van der Waals surface area contributed by atoms with Crippen LogP contribution >= 0.6 is 0 Å². The molecule has 0 aliphatic carbocycles. The molecule has 2 aromatic carbocycles. The Balaban J connectivity index is 1.33. The number of carbonyl (C=O) groups is 2. The maximum atomic E-state index is 14.0. The summed E-state index contributed by atoms with van der Waals surface area (Å²) < 4.78 is 86.9. The number of rotatable bonds is 6. The van der Waals surface area contributed by atoms with Crippen molar-refractivity contribution in [2.24, 2.45) is 0 Å². The highest BCUT2D eigenvalue weighted by Gasteiger charge is 2.57. The third-order valence-corrected chi connectivity index (χ3v) is 7.17. The van der Waals surface area contributed by atoms with Crippen molar-refractivity contribution in [1.29, 1.82) is 0 Å². The topological polar surface area (TPSA) is 122 Å². The number of nitrogens with zero attached hydrogens (tertiary/aromatic N) is 2. The minimum absolute atomic E-state index is 0.0142. The smallest absolute Gasteiger partial charge is 0.420 e. The minimum atomic E-state index is -4.90. The molecule has 44 heavy (non-hydrogen) atoms. The van der Waals surface area contributed by atoms with Gasteiger partial charge in [0, 0.05) is 36.2 Å². The summed E-state index contributed by atoms with van der Waals surface area (Å²) >= 11 is 0. The predicted octanol–water partition coefficient (Wildman–Crippen LogP) is 5.56. The van der Waals surface area contributed by atoms with Crippen LogP contribution in [0.3, 0.4) is 0 Å². The monoisotopic (exact) mass is 618 g/mol. The van der Waals surface area contributed by atoms with Crippen LogP contribution in [0.2, 0.25) is 0 Å². The number of hydrogen-bond donors (Lipinski definition) is 3. The van der Waals surface area contributed by atoms with Gasteiger partial charge in [-0.2, -0.15) is 26.3 Å². The Morgan fingerprint density at radius 2 is 1.77 bits per heavy atom. The number of anilines is 1. The number of carbonyl (C=O) groups excluding carboxylic acids is 2. The van der Waals surface area contributed by atoms with E-state index in [9.17, 15) is 41.0 Å². The molecule has 0 spiro atoms. The van der Waals surface area contributed by atoms with Gasteiger partial charge in [0.05, 0.1) is 18.7 Å². The largest absolute Gasteiger partial charge is 0.459 e. The lowest BCUT2D eigenvalue weighted by Gasteiger charge is -2.25. The van der Waals surface area contributed by atoms with E-state index in [2.05, 4.69) is 10.3 Å². The number of aliphatic hydroxyl groups is 1. The van der Waals surface area contributed by atoms with Gasteiger partial charge in [-0.1, -0.05) is 12.1 Å². The summed E-state index contributed by atoms with van der Waals surface area (Å²) in [4.78, 5) is 29.8. The lowest BCUT2D eigenvalue weighted by atomic mass is 9.99. The van der Waals surface area contributed by atoms with E-state index in [-0.39, 0.29) is 35.4 Å². The molecule has 0 saturated carbocycles. The molecule has 2 aromatic heterocycles. The van der Waals surface area contributed by atoms with E-state index in [4.69, 9.17) is 10.2 Å². The first-order valence-corrected chi connectivity index (χ1v) is 13.1. The summed E-state index contributed by atoms with van der Waals surface area (Å²) in [6, 6.07) is 12.3. The van der Waals surface area contributed by atoms with E-state index in [0.29, 0.717) is 16.9 Å². The Labute approximate surface area is 245 Å². The highest BCUT2D eigenvalue weighted by molar-refractivity contribution is 5.95. The van der Waals surface area contributed by atoms with Crippen LogP contribution in [0.4, 0.5) is 32.2 Å². The van der Waals surface area contributed by atoms with Crippen molar-refractivity contribution in [2.75, 3.05) is 18.8 Å². The summed E-state index contributed by atoms with van der Waals surface area (Å²) in [6.45, 7) is -1.41.